The number of allylic oxidation sites excluding steroid dienone is 5. The molecule has 0 fully saturated rings. The highest BCUT2D eigenvalue weighted by atomic mass is 14.8. The van der Waals surface area contributed by atoms with Gasteiger partial charge in [0, 0.05) is 18.3 Å². The monoisotopic (exact) mass is 310 g/mol. The number of fused-ring (bicyclic) bond motifs is 5. The van der Waals surface area contributed by atoms with Crippen molar-refractivity contribution in [2.24, 2.45) is 0 Å². The van der Waals surface area contributed by atoms with E-state index in [-0.39, 0.29) is 0 Å². The number of rotatable bonds is 1. The lowest BCUT2D eigenvalue weighted by atomic mass is 9.77. The standard InChI is InChI=1S/C22H18N2/c1-2-5-16-15(4-1)8-9-19-17-6-3-7-21(20(17)11-10-18(16)19)22-14-23-12-13-24-22/h1-2,4,6,8-14,16H,3,5,7H2/t16-/m1/s1. The predicted molar refractivity (Wildman–Crippen MR) is 97.5 cm³/mol. The molecule has 2 nitrogen and oxygen atoms in total. The molecule has 0 N–H and O–H groups in total. The number of aromatic nitrogens is 2. The molecule has 1 atom stereocenters. The van der Waals surface area contributed by atoms with E-state index >= 15 is 0 Å². The smallest absolute Gasteiger partial charge is 0.0851 e. The molecule has 1 aromatic carbocycles. The second-order valence-electron chi connectivity index (χ2n) is 6.56. The van der Waals surface area contributed by atoms with E-state index in [1.165, 1.54) is 32.7 Å². The van der Waals surface area contributed by atoms with Gasteiger partial charge in [0.25, 0.3) is 0 Å². The minimum atomic E-state index is 0.510. The van der Waals surface area contributed by atoms with E-state index < -0.39 is 0 Å². The molecule has 0 saturated carbocycles. The zero-order chi connectivity index (χ0) is 15.9. The molecule has 1 heterocycles. The topological polar surface area (TPSA) is 25.8 Å². The maximum absolute atomic E-state index is 4.53. The lowest BCUT2D eigenvalue weighted by molar-refractivity contribution is 0.808. The number of nitrogens with zero attached hydrogens (tertiary/aromatic N) is 2. The summed E-state index contributed by atoms with van der Waals surface area (Å²) in [6.07, 6.45) is 22.3. The summed E-state index contributed by atoms with van der Waals surface area (Å²) in [4.78, 5) is 8.78. The molecule has 3 aliphatic rings. The van der Waals surface area contributed by atoms with Gasteiger partial charge in [-0.05, 0) is 52.0 Å². The molecule has 24 heavy (non-hydrogen) atoms. The Hall–Kier alpha value is -2.74. The fraction of sp³-hybridized carbons (Fsp3) is 0.182. The minimum absolute atomic E-state index is 0.510. The molecule has 1 aromatic heterocycles. The Balaban J connectivity index is 1.78. The zero-order valence-electron chi connectivity index (χ0n) is 13.4. The molecular formula is C22H18N2. The molecular weight excluding hydrogens is 292 g/mol. The number of hydrogen-bond donors (Lipinski definition) is 0. The summed E-state index contributed by atoms with van der Waals surface area (Å²) >= 11 is 0. The maximum Gasteiger partial charge on any atom is 0.0851 e. The van der Waals surface area contributed by atoms with Gasteiger partial charge in [-0.1, -0.05) is 48.6 Å². The van der Waals surface area contributed by atoms with E-state index in [9.17, 15) is 0 Å². The Bertz CT molecular complexity index is 1020. The van der Waals surface area contributed by atoms with Gasteiger partial charge in [0.05, 0.1) is 11.9 Å². The molecule has 2 heteroatoms. The van der Waals surface area contributed by atoms with E-state index in [0.717, 1.165) is 25.0 Å². The van der Waals surface area contributed by atoms with Crippen molar-refractivity contribution in [3.8, 4) is 0 Å². The van der Waals surface area contributed by atoms with Crippen LogP contribution in [0.5, 0.6) is 0 Å². The highest BCUT2D eigenvalue weighted by molar-refractivity contribution is 5.71. The quantitative estimate of drug-likeness (QED) is 0.808. The summed E-state index contributed by atoms with van der Waals surface area (Å²) in [5.41, 5.74) is 6.61. The van der Waals surface area contributed by atoms with Crippen LogP contribution in [-0.4, -0.2) is 9.97 Å². The molecule has 3 aliphatic carbocycles. The second kappa shape index (κ2) is 5.41. The Morgan fingerprint density at radius 3 is 3.00 bits per heavy atom. The summed E-state index contributed by atoms with van der Waals surface area (Å²) < 4.78 is 0. The molecule has 2 aromatic rings. The molecule has 0 spiro atoms. The van der Waals surface area contributed by atoms with Gasteiger partial charge < -0.3 is 0 Å². The SMILES string of the molecule is C1=CC[C@@H]2C(=C1)C=Cc1c2ccc2c1=CCCC=2c1cnccn1. The van der Waals surface area contributed by atoms with E-state index in [0.29, 0.717) is 5.92 Å². The Morgan fingerprint density at radius 1 is 1.08 bits per heavy atom. The van der Waals surface area contributed by atoms with Crippen molar-refractivity contribution in [1.82, 2.24) is 9.97 Å². The van der Waals surface area contributed by atoms with Crippen molar-refractivity contribution in [3.63, 3.8) is 0 Å². The predicted octanol–water partition coefficient (Wildman–Crippen LogP) is 3.25. The van der Waals surface area contributed by atoms with E-state index in [1.807, 2.05) is 6.20 Å². The van der Waals surface area contributed by atoms with Gasteiger partial charge in [-0.3, -0.25) is 9.97 Å². The zero-order valence-corrected chi connectivity index (χ0v) is 13.4. The highest BCUT2D eigenvalue weighted by Gasteiger charge is 2.23. The van der Waals surface area contributed by atoms with Gasteiger partial charge in [0.15, 0.2) is 0 Å². The van der Waals surface area contributed by atoms with Crippen molar-refractivity contribution in [1.29, 1.82) is 0 Å². The minimum Gasteiger partial charge on any atom is -0.261 e. The first-order valence-corrected chi connectivity index (χ1v) is 8.59. The summed E-state index contributed by atoms with van der Waals surface area (Å²) in [6, 6.07) is 4.62. The number of benzene rings is 1. The van der Waals surface area contributed by atoms with Crippen molar-refractivity contribution in [2.45, 2.75) is 25.2 Å². The van der Waals surface area contributed by atoms with Crippen LogP contribution in [0.4, 0.5) is 0 Å². The van der Waals surface area contributed by atoms with Crippen molar-refractivity contribution in [2.75, 3.05) is 0 Å². The average molecular weight is 310 g/mol. The fourth-order valence-electron chi connectivity index (χ4n) is 4.15. The van der Waals surface area contributed by atoms with Crippen molar-refractivity contribution >= 4 is 17.7 Å². The third kappa shape index (κ3) is 2.03. The second-order valence-corrected chi connectivity index (χ2v) is 6.56. The summed E-state index contributed by atoms with van der Waals surface area (Å²) in [5, 5.41) is 2.70. The van der Waals surface area contributed by atoms with Gasteiger partial charge in [-0.2, -0.15) is 0 Å². The van der Waals surface area contributed by atoms with E-state index in [4.69, 9.17) is 0 Å². The van der Waals surface area contributed by atoms with Gasteiger partial charge in [0.2, 0.25) is 0 Å². The molecule has 0 saturated heterocycles. The van der Waals surface area contributed by atoms with Crippen molar-refractivity contribution in [3.05, 3.63) is 87.9 Å². The van der Waals surface area contributed by atoms with Crippen LogP contribution in [0.15, 0.2) is 60.6 Å². The largest absolute Gasteiger partial charge is 0.261 e. The lowest BCUT2D eigenvalue weighted by Crippen LogP contribution is -2.34. The van der Waals surface area contributed by atoms with Crippen molar-refractivity contribution < 1.29 is 0 Å². The van der Waals surface area contributed by atoms with Crippen LogP contribution < -0.4 is 10.4 Å². The molecule has 0 aliphatic heterocycles. The third-order valence-electron chi connectivity index (χ3n) is 5.28. The highest BCUT2D eigenvalue weighted by Crippen LogP contribution is 2.37. The first-order chi connectivity index (χ1) is 11.9. The normalized spacial score (nSPS) is 20.6. The van der Waals surface area contributed by atoms with E-state index in [1.54, 1.807) is 12.4 Å². The molecule has 0 radical (unpaired) electrons. The van der Waals surface area contributed by atoms with Crippen LogP contribution in [0.1, 0.15) is 42.0 Å². The van der Waals surface area contributed by atoms with Gasteiger partial charge >= 0.3 is 0 Å². The molecule has 116 valence electrons. The van der Waals surface area contributed by atoms with Crippen LogP contribution >= 0.6 is 0 Å². The summed E-state index contributed by atoms with van der Waals surface area (Å²) in [6.45, 7) is 0. The summed E-state index contributed by atoms with van der Waals surface area (Å²) in [7, 11) is 0. The third-order valence-corrected chi connectivity index (χ3v) is 5.28. The van der Waals surface area contributed by atoms with Crippen LogP contribution in [0.2, 0.25) is 0 Å². The molecule has 5 rings (SSSR count). The Morgan fingerprint density at radius 2 is 2.08 bits per heavy atom. The van der Waals surface area contributed by atoms with Crippen LogP contribution in [0, 0.1) is 0 Å². The maximum atomic E-state index is 4.53. The first-order valence-electron chi connectivity index (χ1n) is 8.59. The van der Waals surface area contributed by atoms with Crippen LogP contribution in [-0.2, 0) is 0 Å². The lowest BCUT2D eigenvalue weighted by Gasteiger charge is -2.26. The average Bonchev–Trinajstić information content (AvgIpc) is 2.67. The fourth-order valence-corrected chi connectivity index (χ4v) is 4.15. The number of hydrogen-bond acceptors (Lipinski definition) is 2. The van der Waals surface area contributed by atoms with E-state index in [2.05, 4.69) is 58.6 Å². The molecule has 0 amide bonds. The van der Waals surface area contributed by atoms with Gasteiger partial charge in [0.1, 0.15) is 0 Å². The summed E-state index contributed by atoms with van der Waals surface area (Å²) in [5.74, 6) is 0.510. The molecule has 0 bridgehead atoms. The Labute approximate surface area is 141 Å². The van der Waals surface area contributed by atoms with Crippen LogP contribution in [0.3, 0.4) is 0 Å². The first kappa shape index (κ1) is 13.7. The molecule has 0 unspecified atom stereocenters. The van der Waals surface area contributed by atoms with Crippen LogP contribution in [0.25, 0.3) is 17.7 Å². The van der Waals surface area contributed by atoms with Gasteiger partial charge in [-0.15, -0.1) is 0 Å². The Kier molecular flexibility index (Phi) is 3.08. The van der Waals surface area contributed by atoms with Gasteiger partial charge in [-0.25, -0.2) is 0 Å².